The maximum absolute atomic E-state index is 13.2. The number of hydrogen-bond donors (Lipinski definition) is 1. The number of carbonyl (C=O) groups excluding carboxylic acids is 2. The van der Waals surface area contributed by atoms with Gasteiger partial charge in [-0.25, -0.2) is 4.79 Å². The molecule has 1 aromatic carbocycles. The van der Waals surface area contributed by atoms with E-state index in [0.29, 0.717) is 19.7 Å². The van der Waals surface area contributed by atoms with Gasteiger partial charge in [0.25, 0.3) is 0 Å². The van der Waals surface area contributed by atoms with Gasteiger partial charge < -0.3 is 24.4 Å². The maximum Gasteiger partial charge on any atom is 0.322 e. The van der Waals surface area contributed by atoms with E-state index in [0.717, 1.165) is 28.9 Å². The number of rotatable bonds is 10. The molecule has 0 bridgehead atoms. The molecule has 2 rings (SSSR count). The minimum atomic E-state index is -0.259. The Balaban J connectivity index is 2.19. The number of methoxy groups -OCH3 is 1. The molecule has 31 heavy (non-hydrogen) atoms. The number of benzene rings is 1. The summed E-state index contributed by atoms with van der Waals surface area (Å²) in [5, 5.41) is 3.02. The van der Waals surface area contributed by atoms with Gasteiger partial charge >= 0.3 is 6.03 Å². The molecule has 7 heteroatoms. The van der Waals surface area contributed by atoms with Crippen molar-refractivity contribution in [1.29, 1.82) is 0 Å². The average molecular weight is 429 g/mol. The van der Waals surface area contributed by atoms with Gasteiger partial charge in [0.1, 0.15) is 6.54 Å². The van der Waals surface area contributed by atoms with Crippen LogP contribution in [-0.4, -0.2) is 59.2 Å². The second-order valence-electron chi connectivity index (χ2n) is 8.00. The first-order valence-corrected chi connectivity index (χ1v) is 10.8. The lowest BCUT2D eigenvalue weighted by Crippen LogP contribution is -2.48. The van der Waals surface area contributed by atoms with Crippen molar-refractivity contribution in [3.63, 3.8) is 0 Å². The standard InChI is InChI=1S/C24H36N4O3/c1-7-20(4)28(24(30)25-23-18(2)10-8-11-19(23)3)17-22(29)27(14-15-31-6)16-21-12-9-13-26(21)5/h8-13,20H,7,14-17H2,1-6H3,(H,25,30)/t20-/m0/s1. The number of anilines is 1. The highest BCUT2D eigenvalue weighted by molar-refractivity contribution is 5.93. The van der Waals surface area contributed by atoms with Crippen LogP contribution in [0.4, 0.5) is 10.5 Å². The summed E-state index contributed by atoms with van der Waals surface area (Å²) in [4.78, 5) is 29.8. The van der Waals surface area contributed by atoms with Gasteiger partial charge in [0, 0.05) is 44.3 Å². The molecule has 1 N–H and O–H groups in total. The molecule has 1 heterocycles. The monoisotopic (exact) mass is 428 g/mol. The van der Waals surface area contributed by atoms with Crippen molar-refractivity contribution in [2.24, 2.45) is 7.05 Å². The van der Waals surface area contributed by atoms with Gasteiger partial charge in [-0.3, -0.25) is 4.79 Å². The number of para-hydroxylation sites is 1. The number of carbonyl (C=O) groups is 2. The van der Waals surface area contributed by atoms with E-state index in [-0.39, 0.29) is 24.5 Å². The molecule has 0 radical (unpaired) electrons. The van der Waals surface area contributed by atoms with Gasteiger partial charge in [0.15, 0.2) is 0 Å². The van der Waals surface area contributed by atoms with Gasteiger partial charge in [-0.1, -0.05) is 25.1 Å². The topological polar surface area (TPSA) is 66.8 Å². The van der Waals surface area contributed by atoms with E-state index >= 15 is 0 Å². The van der Waals surface area contributed by atoms with Crippen LogP contribution in [0.3, 0.4) is 0 Å². The molecule has 0 spiro atoms. The molecule has 7 nitrogen and oxygen atoms in total. The zero-order valence-electron chi connectivity index (χ0n) is 19.6. The molecule has 2 aromatic rings. The number of ether oxygens (including phenoxy) is 1. The summed E-state index contributed by atoms with van der Waals surface area (Å²) in [6, 6.07) is 9.51. The molecule has 170 valence electrons. The number of nitrogens with zero attached hydrogens (tertiary/aromatic N) is 3. The molecular weight excluding hydrogens is 392 g/mol. The van der Waals surface area contributed by atoms with Crippen molar-refractivity contribution in [1.82, 2.24) is 14.4 Å². The summed E-state index contributed by atoms with van der Waals surface area (Å²) in [7, 11) is 3.58. The Bertz CT molecular complexity index is 857. The normalized spacial score (nSPS) is 11.8. The summed E-state index contributed by atoms with van der Waals surface area (Å²) in [6.07, 6.45) is 2.71. The average Bonchev–Trinajstić information content (AvgIpc) is 3.15. The molecule has 0 fully saturated rings. The Labute approximate surface area is 186 Å². The van der Waals surface area contributed by atoms with Crippen LogP contribution >= 0.6 is 0 Å². The van der Waals surface area contributed by atoms with Crippen molar-refractivity contribution in [2.75, 3.05) is 32.1 Å². The lowest BCUT2D eigenvalue weighted by atomic mass is 10.1. The van der Waals surface area contributed by atoms with Crippen LogP contribution in [-0.2, 0) is 23.1 Å². The van der Waals surface area contributed by atoms with Crippen LogP contribution in [0.2, 0.25) is 0 Å². The van der Waals surface area contributed by atoms with Crippen molar-refractivity contribution in [3.05, 3.63) is 53.3 Å². The quantitative estimate of drug-likeness (QED) is 0.623. The smallest absolute Gasteiger partial charge is 0.322 e. The van der Waals surface area contributed by atoms with Gasteiger partial charge in [-0.2, -0.15) is 0 Å². The van der Waals surface area contributed by atoms with E-state index in [4.69, 9.17) is 4.74 Å². The van der Waals surface area contributed by atoms with Crippen LogP contribution in [0.1, 0.15) is 37.1 Å². The molecule has 3 amide bonds. The number of aromatic nitrogens is 1. The molecule has 1 atom stereocenters. The van der Waals surface area contributed by atoms with E-state index in [1.54, 1.807) is 16.9 Å². The minimum Gasteiger partial charge on any atom is -0.383 e. The highest BCUT2D eigenvalue weighted by Crippen LogP contribution is 2.20. The van der Waals surface area contributed by atoms with Crippen LogP contribution in [0, 0.1) is 13.8 Å². The summed E-state index contributed by atoms with van der Waals surface area (Å²) < 4.78 is 7.20. The van der Waals surface area contributed by atoms with Gasteiger partial charge in [0.2, 0.25) is 5.91 Å². The van der Waals surface area contributed by atoms with E-state index < -0.39 is 0 Å². The largest absolute Gasteiger partial charge is 0.383 e. The predicted octanol–water partition coefficient (Wildman–Crippen LogP) is 3.95. The second-order valence-corrected chi connectivity index (χ2v) is 8.00. The SMILES string of the molecule is CC[C@H](C)N(CC(=O)N(CCOC)Cc1cccn1C)C(=O)Nc1c(C)cccc1C. The number of urea groups is 1. The number of nitrogens with one attached hydrogen (secondary N) is 1. The molecule has 0 saturated heterocycles. The van der Waals surface area contributed by atoms with Crippen molar-refractivity contribution in [3.8, 4) is 0 Å². The summed E-state index contributed by atoms with van der Waals surface area (Å²) in [5.74, 6) is -0.102. The van der Waals surface area contributed by atoms with Crippen LogP contribution in [0.15, 0.2) is 36.5 Å². The third-order valence-electron chi connectivity index (χ3n) is 5.72. The highest BCUT2D eigenvalue weighted by Gasteiger charge is 2.26. The van der Waals surface area contributed by atoms with E-state index in [2.05, 4.69) is 5.32 Å². The molecule has 0 unspecified atom stereocenters. The molecule has 0 aliphatic heterocycles. The summed E-state index contributed by atoms with van der Waals surface area (Å²) in [5.41, 5.74) is 3.82. The Morgan fingerprint density at radius 1 is 1.16 bits per heavy atom. The van der Waals surface area contributed by atoms with Gasteiger partial charge in [-0.15, -0.1) is 0 Å². The fraction of sp³-hybridized carbons (Fsp3) is 0.500. The zero-order valence-corrected chi connectivity index (χ0v) is 19.6. The van der Waals surface area contributed by atoms with E-state index in [9.17, 15) is 9.59 Å². The molecular formula is C24H36N4O3. The number of amides is 3. The summed E-state index contributed by atoms with van der Waals surface area (Å²) >= 11 is 0. The fourth-order valence-corrected chi connectivity index (χ4v) is 3.43. The second kappa shape index (κ2) is 11.6. The Morgan fingerprint density at radius 3 is 2.39 bits per heavy atom. The van der Waals surface area contributed by atoms with Crippen molar-refractivity contribution in [2.45, 2.75) is 46.7 Å². The number of aryl methyl sites for hydroxylation is 3. The third kappa shape index (κ3) is 6.59. The third-order valence-corrected chi connectivity index (χ3v) is 5.72. The van der Waals surface area contributed by atoms with Gasteiger partial charge in [0.05, 0.1) is 13.2 Å². The molecule has 0 aliphatic rings. The van der Waals surface area contributed by atoms with E-state index in [1.807, 2.05) is 75.8 Å². The first-order valence-electron chi connectivity index (χ1n) is 10.8. The predicted molar refractivity (Wildman–Crippen MR) is 124 cm³/mol. The summed E-state index contributed by atoms with van der Waals surface area (Å²) in [6.45, 7) is 9.30. The molecule has 0 saturated carbocycles. The number of hydrogen-bond acceptors (Lipinski definition) is 3. The Morgan fingerprint density at radius 2 is 1.84 bits per heavy atom. The Hall–Kier alpha value is -2.80. The van der Waals surface area contributed by atoms with Crippen LogP contribution in [0.5, 0.6) is 0 Å². The van der Waals surface area contributed by atoms with Gasteiger partial charge in [-0.05, 0) is 50.5 Å². The highest BCUT2D eigenvalue weighted by atomic mass is 16.5. The minimum absolute atomic E-state index is 0.0138. The van der Waals surface area contributed by atoms with E-state index in [1.165, 1.54) is 0 Å². The maximum atomic E-state index is 13.2. The Kier molecular flexibility index (Phi) is 9.12. The van der Waals surface area contributed by atoms with Crippen LogP contribution < -0.4 is 5.32 Å². The van der Waals surface area contributed by atoms with Crippen molar-refractivity contribution >= 4 is 17.6 Å². The van der Waals surface area contributed by atoms with Crippen LogP contribution in [0.25, 0.3) is 0 Å². The fourth-order valence-electron chi connectivity index (χ4n) is 3.43. The first-order chi connectivity index (χ1) is 14.8. The molecule has 0 aliphatic carbocycles. The molecule has 1 aromatic heterocycles. The lowest BCUT2D eigenvalue weighted by molar-refractivity contribution is -0.133. The zero-order chi connectivity index (χ0) is 23.0. The first kappa shape index (κ1) is 24.5. The lowest BCUT2D eigenvalue weighted by Gasteiger charge is -2.31. The van der Waals surface area contributed by atoms with Crippen molar-refractivity contribution < 1.29 is 14.3 Å².